The Labute approximate surface area is 136 Å². The third kappa shape index (κ3) is 2.89. The fourth-order valence-electron chi connectivity index (χ4n) is 2.50. The number of hydrogen-bond acceptors (Lipinski definition) is 3. The molecule has 1 aliphatic rings. The van der Waals surface area contributed by atoms with Crippen molar-refractivity contribution in [3.63, 3.8) is 0 Å². The van der Waals surface area contributed by atoms with Crippen LogP contribution in [-0.4, -0.2) is 12.2 Å². The molecule has 0 saturated carbocycles. The van der Waals surface area contributed by atoms with Gasteiger partial charge in [0.2, 0.25) is 0 Å². The van der Waals surface area contributed by atoms with Crippen molar-refractivity contribution in [3.8, 4) is 11.5 Å². The molecule has 0 aliphatic carbocycles. The van der Waals surface area contributed by atoms with Crippen LogP contribution in [-0.2, 0) is 0 Å². The fourth-order valence-corrected chi connectivity index (χ4v) is 3.19. The van der Waals surface area contributed by atoms with Crippen LogP contribution in [0.5, 0.6) is 11.5 Å². The van der Waals surface area contributed by atoms with E-state index in [4.69, 9.17) is 21.1 Å². The highest BCUT2D eigenvalue weighted by Gasteiger charge is 2.29. The lowest BCUT2D eigenvalue weighted by Crippen LogP contribution is -2.19. The van der Waals surface area contributed by atoms with Crippen LogP contribution >= 0.6 is 27.5 Å². The zero-order valence-electron chi connectivity index (χ0n) is 11.3. The van der Waals surface area contributed by atoms with Crippen molar-refractivity contribution >= 4 is 27.5 Å². The third-order valence-electron chi connectivity index (χ3n) is 3.59. The molecule has 2 aromatic carbocycles. The molecule has 0 fully saturated rings. The molecule has 2 atom stereocenters. The van der Waals surface area contributed by atoms with Gasteiger partial charge in [-0.15, -0.1) is 0 Å². The van der Waals surface area contributed by atoms with E-state index in [0.29, 0.717) is 17.2 Å². The molecule has 0 aromatic heterocycles. The highest BCUT2D eigenvalue weighted by Crippen LogP contribution is 2.43. The zero-order chi connectivity index (χ0) is 15.0. The summed E-state index contributed by atoms with van der Waals surface area (Å²) in [6, 6.07) is 11.0. The Kier molecular flexibility index (Phi) is 4.11. The number of halogens is 2. The van der Waals surface area contributed by atoms with Gasteiger partial charge in [-0.25, -0.2) is 0 Å². The Bertz CT molecular complexity index is 675. The molecule has 1 heterocycles. The number of benzene rings is 2. The summed E-state index contributed by atoms with van der Waals surface area (Å²) in [5, 5.41) is 10.9. The molecule has 1 unspecified atom stereocenters. The van der Waals surface area contributed by atoms with Gasteiger partial charge in [0.15, 0.2) is 0 Å². The highest BCUT2D eigenvalue weighted by atomic mass is 79.9. The fraction of sp³-hybridized carbons (Fsp3) is 0.250. The standard InChI is InChI=1S/C16H14BrClO3/c1-20-10-3-4-13(17)11(7-10)16-8-14(19)12-6-9(18)2-5-15(12)21-16/h2-7,14,16,19H,8H2,1H3/t14-,16?/m1/s1. The molecular formula is C16H14BrClO3. The summed E-state index contributed by atoms with van der Waals surface area (Å²) in [7, 11) is 1.63. The summed E-state index contributed by atoms with van der Waals surface area (Å²) in [4.78, 5) is 0. The van der Waals surface area contributed by atoms with Gasteiger partial charge in [0.1, 0.15) is 17.6 Å². The number of aliphatic hydroxyl groups excluding tert-OH is 1. The van der Waals surface area contributed by atoms with Crippen molar-refractivity contribution in [1.29, 1.82) is 0 Å². The number of rotatable bonds is 2. The van der Waals surface area contributed by atoms with Crippen LogP contribution in [0.4, 0.5) is 0 Å². The highest BCUT2D eigenvalue weighted by molar-refractivity contribution is 9.10. The van der Waals surface area contributed by atoms with E-state index < -0.39 is 6.10 Å². The third-order valence-corrected chi connectivity index (χ3v) is 4.54. The van der Waals surface area contributed by atoms with E-state index in [9.17, 15) is 5.11 Å². The summed E-state index contributed by atoms with van der Waals surface area (Å²) in [6.45, 7) is 0. The van der Waals surface area contributed by atoms with Gasteiger partial charge in [0.05, 0.1) is 13.2 Å². The Morgan fingerprint density at radius 1 is 1.24 bits per heavy atom. The molecule has 0 radical (unpaired) electrons. The van der Waals surface area contributed by atoms with Crippen LogP contribution in [0.15, 0.2) is 40.9 Å². The van der Waals surface area contributed by atoms with E-state index in [1.54, 1.807) is 25.3 Å². The van der Waals surface area contributed by atoms with Crippen LogP contribution < -0.4 is 9.47 Å². The maximum absolute atomic E-state index is 10.3. The molecule has 5 heteroatoms. The van der Waals surface area contributed by atoms with Crippen molar-refractivity contribution in [2.24, 2.45) is 0 Å². The Hall–Kier alpha value is -1.23. The second-order valence-electron chi connectivity index (χ2n) is 4.93. The van der Waals surface area contributed by atoms with Crippen molar-refractivity contribution in [2.45, 2.75) is 18.6 Å². The number of hydrogen-bond donors (Lipinski definition) is 1. The van der Waals surface area contributed by atoms with Gasteiger partial charge in [-0.05, 0) is 36.4 Å². The summed E-state index contributed by atoms with van der Waals surface area (Å²) in [5.41, 5.74) is 1.69. The molecule has 110 valence electrons. The van der Waals surface area contributed by atoms with E-state index in [0.717, 1.165) is 21.3 Å². The largest absolute Gasteiger partial charge is 0.497 e. The number of methoxy groups -OCH3 is 1. The van der Waals surface area contributed by atoms with E-state index in [2.05, 4.69) is 15.9 Å². The van der Waals surface area contributed by atoms with Gasteiger partial charge in [0.25, 0.3) is 0 Å². The average molecular weight is 370 g/mol. The second kappa shape index (κ2) is 5.87. The molecule has 0 bridgehead atoms. The molecule has 1 aliphatic heterocycles. The molecule has 0 amide bonds. The van der Waals surface area contributed by atoms with Crippen molar-refractivity contribution in [1.82, 2.24) is 0 Å². The molecule has 0 spiro atoms. The van der Waals surface area contributed by atoms with E-state index in [1.807, 2.05) is 18.2 Å². The van der Waals surface area contributed by atoms with E-state index >= 15 is 0 Å². The molecule has 1 N–H and O–H groups in total. The van der Waals surface area contributed by atoms with E-state index in [1.165, 1.54) is 0 Å². The second-order valence-corrected chi connectivity index (χ2v) is 6.22. The number of ether oxygens (including phenoxy) is 2. The first-order valence-electron chi connectivity index (χ1n) is 6.56. The lowest BCUT2D eigenvalue weighted by molar-refractivity contribution is 0.0653. The Morgan fingerprint density at radius 2 is 2.05 bits per heavy atom. The summed E-state index contributed by atoms with van der Waals surface area (Å²) in [6.07, 6.45) is -0.368. The van der Waals surface area contributed by atoms with Gasteiger partial charge in [-0.2, -0.15) is 0 Å². The molecule has 3 rings (SSSR count). The van der Waals surface area contributed by atoms with Crippen molar-refractivity contribution in [3.05, 3.63) is 57.0 Å². The summed E-state index contributed by atoms with van der Waals surface area (Å²) in [5.74, 6) is 1.42. The van der Waals surface area contributed by atoms with Crippen molar-refractivity contribution < 1.29 is 14.6 Å². The first-order valence-corrected chi connectivity index (χ1v) is 7.73. The molecule has 3 nitrogen and oxygen atoms in total. The molecule has 21 heavy (non-hydrogen) atoms. The maximum atomic E-state index is 10.3. The minimum absolute atomic E-state index is 0.238. The summed E-state index contributed by atoms with van der Waals surface area (Å²) < 4.78 is 12.2. The van der Waals surface area contributed by atoms with Crippen LogP contribution in [0.3, 0.4) is 0 Å². The van der Waals surface area contributed by atoms with Gasteiger partial charge >= 0.3 is 0 Å². The average Bonchev–Trinajstić information content (AvgIpc) is 2.48. The smallest absolute Gasteiger partial charge is 0.128 e. The van der Waals surface area contributed by atoms with Gasteiger partial charge in [0, 0.05) is 27.0 Å². The van der Waals surface area contributed by atoms with Gasteiger partial charge < -0.3 is 14.6 Å². The van der Waals surface area contributed by atoms with Gasteiger partial charge in [-0.1, -0.05) is 27.5 Å². The minimum atomic E-state index is -0.601. The van der Waals surface area contributed by atoms with Crippen molar-refractivity contribution in [2.75, 3.05) is 7.11 Å². The topological polar surface area (TPSA) is 38.7 Å². The molecular weight excluding hydrogens is 356 g/mol. The lowest BCUT2D eigenvalue weighted by atomic mass is 9.95. The normalized spacial score (nSPS) is 20.6. The molecule has 0 saturated heterocycles. The Morgan fingerprint density at radius 3 is 2.81 bits per heavy atom. The monoisotopic (exact) mass is 368 g/mol. The first kappa shape index (κ1) is 14.7. The minimum Gasteiger partial charge on any atom is -0.497 e. The quantitative estimate of drug-likeness (QED) is 0.836. The Balaban J connectivity index is 1.97. The predicted octanol–water partition coefficient (Wildman–Crippen LogP) is 4.67. The van der Waals surface area contributed by atoms with Crippen LogP contribution in [0.25, 0.3) is 0 Å². The first-order chi connectivity index (χ1) is 10.1. The summed E-state index contributed by atoms with van der Waals surface area (Å²) >= 11 is 9.50. The van der Waals surface area contributed by atoms with Crippen LogP contribution in [0.1, 0.15) is 29.8 Å². The number of fused-ring (bicyclic) bond motifs is 1. The van der Waals surface area contributed by atoms with Crippen LogP contribution in [0.2, 0.25) is 5.02 Å². The van der Waals surface area contributed by atoms with Gasteiger partial charge in [-0.3, -0.25) is 0 Å². The predicted molar refractivity (Wildman–Crippen MR) is 85.1 cm³/mol. The lowest BCUT2D eigenvalue weighted by Gasteiger charge is -2.30. The SMILES string of the molecule is COc1ccc(Br)c(C2C[C@@H](O)c3cc(Cl)ccc3O2)c1. The van der Waals surface area contributed by atoms with E-state index in [-0.39, 0.29) is 6.10 Å². The maximum Gasteiger partial charge on any atom is 0.128 e. The number of aliphatic hydroxyl groups is 1. The zero-order valence-corrected chi connectivity index (χ0v) is 13.7. The van der Waals surface area contributed by atoms with Crippen LogP contribution in [0, 0.1) is 0 Å². The molecule has 2 aromatic rings.